The molecule has 9 heteroatoms. The molecular weight excluding hydrogens is 484 g/mol. The lowest BCUT2D eigenvalue weighted by Gasteiger charge is -2.23. The summed E-state index contributed by atoms with van der Waals surface area (Å²) in [6.45, 7) is 4.44. The highest BCUT2D eigenvalue weighted by Crippen LogP contribution is 2.39. The largest absolute Gasteiger partial charge is 0.459 e. The van der Waals surface area contributed by atoms with Gasteiger partial charge in [-0.1, -0.05) is 77.6 Å². The van der Waals surface area contributed by atoms with E-state index in [1.165, 1.54) is 56.3 Å². The number of esters is 1. The summed E-state index contributed by atoms with van der Waals surface area (Å²) in [7, 11) is -3.60. The normalized spacial score (nSPS) is 15.3. The number of hydrogen-bond acceptors (Lipinski definition) is 6. The Balaban J connectivity index is 1.82. The van der Waals surface area contributed by atoms with Gasteiger partial charge in [0.25, 0.3) is 0 Å². The van der Waals surface area contributed by atoms with E-state index >= 15 is 0 Å². The van der Waals surface area contributed by atoms with Crippen LogP contribution in [0.2, 0.25) is 0 Å². The number of rotatable bonds is 17. The van der Waals surface area contributed by atoms with Gasteiger partial charge in [-0.3, -0.25) is 4.79 Å². The second kappa shape index (κ2) is 16.3. The molecule has 1 aliphatic rings. The van der Waals surface area contributed by atoms with E-state index in [4.69, 9.17) is 4.74 Å². The molecule has 0 aromatic carbocycles. The van der Waals surface area contributed by atoms with Gasteiger partial charge < -0.3 is 10.1 Å². The third-order valence-corrected chi connectivity index (χ3v) is 9.74. The van der Waals surface area contributed by atoms with E-state index in [0.29, 0.717) is 6.54 Å². The summed E-state index contributed by atoms with van der Waals surface area (Å²) in [4.78, 5) is 24.9. The van der Waals surface area contributed by atoms with Crippen LogP contribution in [0.4, 0.5) is 0 Å². The smallest absolute Gasteiger partial charge is 0.396 e. The summed E-state index contributed by atoms with van der Waals surface area (Å²) in [6.07, 6.45) is 16.0. The fourth-order valence-electron chi connectivity index (χ4n) is 4.64. The lowest BCUT2D eigenvalue weighted by Crippen LogP contribution is -2.37. The van der Waals surface area contributed by atoms with Gasteiger partial charge in [-0.15, -0.1) is 11.3 Å². The van der Waals surface area contributed by atoms with E-state index in [0.717, 1.165) is 49.8 Å². The lowest BCUT2D eigenvalue weighted by atomic mass is 9.96. The molecule has 1 amide bonds. The zero-order valence-corrected chi connectivity index (χ0v) is 23.1. The van der Waals surface area contributed by atoms with Crippen LogP contribution in [0.5, 0.6) is 0 Å². The standard InChI is InChI=1S/C26H44N2O5S2/c1-3-5-6-7-8-9-10-11-12-15-20-27-35(31,32)23-19-18-22(34-23)24(21-16-13-14-17-21)28-25(29)26(30)33-4-2/h18-19,21,24,27H,3-17,20H2,1-2H3,(H,28,29). The first-order valence-electron chi connectivity index (χ1n) is 13.5. The fraction of sp³-hybridized carbons (Fsp3) is 0.769. The predicted octanol–water partition coefficient (Wildman–Crippen LogP) is 5.86. The molecule has 1 unspecified atom stereocenters. The van der Waals surface area contributed by atoms with Gasteiger partial charge >= 0.3 is 11.9 Å². The maximum Gasteiger partial charge on any atom is 0.396 e. The highest BCUT2D eigenvalue weighted by Gasteiger charge is 2.32. The summed E-state index contributed by atoms with van der Waals surface area (Å²) in [5.74, 6) is -1.50. The molecular formula is C26H44N2O5S2. The quantitative estimate of drug-likeness (QED) is 0.150. The number of unbranched alkanes of at least 4 members (excludes halogenated alkanes) is 9. The molecule has 7 nitrogen and oxygen atoms in total. The zero-order valence-electron chi connectivity index (χ0n) is 21.5. The Labute approximate surface area is 215 Å². The summed E-state index contributed by atoms with van der Waals surface area (Å²) in [5, 5.41) is 2.80. The first kappa shape index (κ1) is 29.8. The molecule has 1 saturated carbocycles. The maximum absolute atomic E-state index is 12.8. The van der Waals surface area contributed by atoms with Crippen LogP contribution >= 0.6 is 11.3 Å². The molecule has 0 radical (unpaired) electrons. The van der Waals surface area contributed by atoms with E-state index in [1.54, 1.807) is 19.1 Å². The monoisotopic (exact) mass is 528 g/mol. The second-order valence-corrected chi connectivity index (χ2v) is 12.6. The number of sulfonamides is 1. The Kier molecular flexibility index (Phi) is 13.9. The summed E-state index contributed by atoms with van der Waals surface area (Å²) in [6, 6.07) is 2.97. The minimum absolute atomic E-state index is 0.131. The number of carbonyl (C=O) groups excluding carboxylic acids is 2. The van der Waals surface area contributed by atoms with Gasteiger partial charge in [0, 0.05) is 11.4 Å². The van der Waals surface area contributed by atoms with Crippen molar-refractivity contribution in [1.82, 2.24) is 10.0 Å². The lowest BCUT2D eigenvalue weighted by molar-refractivity contribution is -0.155. The molecule has 35 heavy (non-hydrogen) atoms. The Morgan fingerprint density at radius 2 is 1.57 bits per heavy atom. The van der Waals surface area contributed by atoms with Crippen LogP contribution < -0.4 is 10.0 Å². The Hall–Kier alpha value is -1.45. The van der Waals surface area contributed by atoms with Crippen LogP contribution in [0.3, 0.4) is 0 Å². The minimum atomic E-state index is -3.60. The zero-order chi connectivity index (χ0) is 25.5. The van der Waals surface area contributed by atoms with Crippen molar-refractivity contribution in [3.8, 4) is 0 Å². The van der Waals surface area contributed by atoms with E-state index in [9.17, 15) is 18.0 Å². The number of hydrogen-bond donors (Lipinski definition) is 2. The maximum atomic E-state index is 12.8. The van der Waals surface area contributed by atoms with E-state index in [-0.39, 0.29) is 22.8 Å². The molecule has 1 aliphatic carbocycles. The van der Waals surface area contributed by atoms with Crippen molar-refractivity contribution in [2.24, 2.45) is 5.92 Å². The molecule has 0 bridgehead atoms. The first-order valence-corrected chi connectivity index (χ1v) is 15.8. The molecule has 0 aliphatic heterocycles. The van der Waals surface area contributed by atoms with E-state index in [2.05, 4.69) is 17.0 Å². The third kappa shape index (κ3) is 10.6. The van der Waals surface area contributed by atoms with Crippen LogP contribution in [-0.4, -0.2) is 33.4 Å². The number of amides is 1. The van der Waals surface area contributed by atoms with Gasteiger partial charge in [-0.05, 0) is 44.2 Å². The van der Waals surface area contributed by atoms with Crippen LogP contribution in [0.25, 0.3) is 0 Å². The van der Waals surface area contributed by atoms with Gasteiger partial charge in [0.15, 0.2) is 0 Å². The fourth-order valence-corrected chi connectivity index (χ4v) is 7.23. The number of nitrogens with one attached hydrogen (secondary N) is 2. The molecule has 1 fully saturated rings. The van der Waals surface area contributed by atoms with Gasteiger partial charge in [0.05, 0.1) is 12.6 Å². The number of carbonyl (C=O) groups is 2. The molecule has 0 saturated heterocycles. The minimum Gasteiger partial charge on any atom is -0.459 e. The number of ether oxygens (including phenoxy) is 1. The second-order valence-electron chi connectivity index (χ2n) is 9.45. The highest BCUT2D eigenvalue weighted by atomic mass is 32.2. The Morgan fingerprint density at radius 3 is 2.17 bits per heavy atom. The third-order valence-electron chi connectivity index (χ3n) is 6.61. The summed E-state index contributed by atoms with van der Waals surface area (Å²) >= 11 is 1.17. The van der Waals surface area contributed by atoms with Gasteiger partial charge in [0.1, 0.15) is 4.21 Å². The predicted molar refractivity (Wildman–Crippen MR) is 141 cm³/mol. The molecule has 1 heterocycles. The van der Waals surface area contributed by atoms with Crippen LogP contribution in [0, 0.1) is 5.92 Å². The SMILES string of the molecule is CCCCCCCCCCCCNS(=O)(=O)c1ccc(C(NC(=O)C(=O)OCC)C2CCCC2)s1. The molecule has 200 valence electrons. The first-order chi connectivity index (χ1) is 16.9. The summed E-state index contributed by atoms with van der Waals surface area (Å²) < 4.78 is 33.4. The molecule has 2 N–H and O–H groups in total. The van der Waals surface area contributed by atoms with Crippen LogP contribution in [-0.2, 0) is 24.3 Å². The van der Waals surface area contributed by atoms with Crippen molar-refractivity contribution in [2.75, 3.05) is 13.2 Å². The molecule has 1 aromatic heterocycles. The van der Waals surface area contributed by atoms with Crippen molar-refractivity contribution in [2.45, 2.75) is 114 Å². The van der Waals surface area contributed by atoms with Crippen molar-refractivity contribution in [3.63, 3.8) is 0 Å². The Morgan fingerprint density at radius 1 is 0.971 bits per heavy atom. The molecule has 2 rings (SSSR count). The topological polar surface area (TPSA) is 102 Å². The average Bonchev–Trinajstić information content (AvgIpc) is 3.54. The van der Waals surface area contributed by atoms with Gasteiger partial charge in [-0.25, -0.2) is 17.9 Å². The molecule has 0 spiro atoms. The van der Waals surface area contributed by atoms with Crippen molar-refractivity contribution >= 4 is 33.2 Å². The average molecular weight is 529 g/mol. The van der Waals surface area contributed by atoms with Crippen molar-refractivity contribution in [3.05, 3.63) is 17.0 Å². The molecule has 1 aromatic rings. The van der Waals surface area contributed by atoms with Crippen molar-refractivity contribution in [1.29, 1.82) is 0 Å². The van der Waals surface area contributed by atoms with Crippen LogP contribution in [0.1, 0.15) is 115 Å². The van der Waals surface area contributed by atoms with E-state index in [1.807, 2.05) is 0 Å². The highest BCUT2D eigenvalue weighted by molar-refractivity contribution is 7.91. The Bertz CT molecular complexity index is 863. The van der Waals surface area contributed by atoms with E-state index < -0.39 is 21.9 Å². The molecule has 1 atom stereocenters. The number of thiophene rings is 1. The van der Waals surface area contributed by atoms with Crippen LogP contribution in [0.15, 0.2) is 16.3 Å². The van der Waals surface area contributed by atoms with Crippen molar-refractivity contribution < 1.29 is 22.7 Å². The van der Waals surface area contributed by atoms with Gasteiger partial charge in [-0.2, -0.15) is 0 Å². The van der Waals surface area contributed by atoms with Gasteiger partial charge in [0.2, 0.25) is 10.0 Å². The summed E-state index contributed by atoms with van der Waals surface area (Å²) in [5.41, 5.74) is 0.